The number of nitrogens with one attached hydrogen (secondary N) is 1. The van der Waals surface area contributed by atoms with Gasteiger partial charge in [-0.05, 0) is 60.0 Å². The van der Waals surface area contributed by atoms with Gasteiger partial charge in [-0.2, -0.15) is 0 Å². The van der Waals surface area contributed by atoms with Crippen LogP contribution in [0.15, 0.2) is 66.7 Å². The van der Waals surface area contributed by atoms with Gasteiger partial charge in [-0.1, -0.05) is 49.7 Å². The third kappa shape index (κ3) is 6.81. The zero-order valence-corrected chi connectivity index (χ0v) is 19.4. The van der Waals surface area contributed by atoms with Crippen molar-refractivity contribution in [3.63, 3.8) is 0 Å². The van der Waals surface area contributed by atoms with Gasteiger partial charge in [-0.25, -0.2) is 0 Å². The highest BCUT2D eigenvalue weighted by Gasteiger charge is 2.15. The number of hydrogen-bond donors (Lipinski definition) is 3. The molecule has 3 aromatic rings. The van der Waals surface area contributed by atoms with Gasteiger partial charge >= 0.3 is 0 Å². The van der Waals surface area contributed by atoms with E-state index in [-0.39, 0.29) is 17.3 Å². The summed E-state index contributed by atoms with van der Waals surface area (Å²) in [4.78, 5) is 15.4. The van der Waals surface area contributed by atoms with Crippen LogP contribution in [0.2, 0.25) is 0 Å². The predicted octanol–water partition coefficient (Wildman–Crippen LogP) is 5.14. The van der Waals surface area contributed by atoms with Gasteiger partial charge in [0.2, 0.25) is 0 Å². The molecule has 0 aromatic heterocycles. The number of benzene rings is 3. The molecule has 3 rings (SSSR count). The minimum absolute atomic E-state index is 0.00858. The molecule has 1 amide bonds. The first-order chi connectivity index (χ1) is 16.0. The van der Waals surface area contributed by atoms with Gasteiger partial charge in [-0.15, -0.1) is 0 Å². The molecular weight excluding hydrogens is 414 g/mol. The molecule has 0 radical (unpaired) electrons. The monoisotopic (exact) mass is 447 g/mol. The highest BCUT2D eigenvalue weighted by Crippen LogP contribution is 2.27. The minimum Gasteiger partial charge on any atom is -0.506 e. The Labute approximate surface area is 196 Å². The van der Waals surface area contributed by atoms with Crippen LogP contribution < -0.4 is 11.1 Å². The summed E-state index contributed by atoms with van der Waals surface area (Å²) in [5.74, 6) is -0.233. The normalized spacial score (nSPS) is 11.0. The number of rotatable bonds is 11. The van der Waals surface area contributed by atoms with Gasteiger partial charge in [0.25, 0.3) is 5.91 Å². The van der Waals surface area contributed by atoms with E-state index in [9.17, 15) is 9.90 Å². The van der Waals surface area contributed by atoms with E-state index in [0.717, 1.165) is 49.2 Å². The zero-order valence-electron chi connectivity index (χ0n) is 19.4. The SMILES string of the molecule is CCCCN(CCOC)Cc1cc(C(=O)Nc2ccc(O)c(N)c2)ccc1-c1ccccc1. The molecule has 4 N–H and O–H groups in total. The van der Waals surface area contributed by atoms with E-state index in [1.54, 1.807) is 19.2 Å². The number of phenols is 1. The van der Waals surface area contributed by atoms with E-state index in [4.69, 9.17) is 10.5 Å². The number of nitrogens with zero attached hydrogens (tertiary/aromatic N) is 1. The fraction of sp³-hybridized carbons (Fsp3) is 0.296. The smallest absolute Gasteiger partial charge is 0.255 e. The van der Waals surface area contributed by atoms with E-state index in [2.05, 4.69) is 29.3 Å². The Morgan fingerprint density at radius 1 is 1.06 bits per heavy atom. The molecule has 33 heavy (non-hydrogen) atoms. The first-order valence-electron chi connectivity index (χ1n) is 11.3. The Morgan fingerprint density at radius 3 is 2.55 bits per heavy atom. The van der Waals surface area contributed by atoms with Crippen molar-refractivity contribution in [2.24, 2.45) is 0 Å². The van der Waals surface area contributed by atoms with Crippen LogP contribution in [0.3, 0.4) is 0 Å². The molecule has 0 unspecified atom stereocenters. The lowest BCUT2D eigenvalue weighted by molar-refractivity contribution is 0.102. The van der Waals surface area contributed by atoms with Crippen molar-refractivity contribution in [1.82, 2.24) is 4.90 Å². The van der Waals surface area contributed by atoms with E-state index in [1.807, 2.05) is 36.4 Å². The van der Waals surface area contributed by atoms with Crippen molar-refractivity contribution in [1.29, 1.82) is 0 Å². The van der Waals surface area contributed by atoms with Crippen LogP contribution in [0, 0.1) is 0 Å². The molecular formula is C27H33N3O3. The third-order valence-electron chi connectivity index (χ3n) is 5.57. The van der Waals surface area contributed by atoms with Gasteiger partial charge in [0.05, 0.1) is 12.3 Å². The lowest BCUT2D eigenvalue weighted by Gasteiger charge is -2.24. The molecule has 3 aromatic carbocycles. The van der Waals surface area contributed by atoms with Crippen LogP contribution in [-0.2, 0) is 11.3 Å². The number of methoxy groups -OCH3 is 1. The van der Waals surface area contributed by atoms with Crippen LogP contribution in [0.5, 0.6) is 5.75 Å². The van der Waals surface area contributed by atoms with Crippen LogP contribution in [-0.4, -0.2) is 42.7 Å². The van der Waals surface area contributed by atoms with E-state index >= 15 is 0 Å². The summed E-state index contributed by atoms with van der Waals surface area (Å²) in [6.45, 7) is 5.36. The van der Waals surface area contributed by atoms with Crippen LogP contribution in [0.1, 0.15) is 35.7 Å². The zero-order chi connectivity index (χ0) is 23.6. The number of nitrogen functional groups attached to an aromatic ring is 1. The van der Waals surface area contributed by atoms with Crippen molar-refractivity contribution in [3.8, 4) is 16.9 Å². The first-order valence-corrected chi connectivity index (χ1v) is 11.3. The summed E-state index contributed by atoms with van der Waals surface area (Å²) in [5, 5.41) is 12.5. The maximum absolute atomic E-state index is 13.0. The lowest BCUT2D eigenvalue weighted by atomic mass is 9.96. The van der Waals surface area contributed by atoms with Crippen LogP contribution in [0.4, 0.5) is 11.4 Å². The average molecular weight is 448 g/mol. The Hall–Kier alpha value is -3.35. The lowest BCUT2D eigenvalue weighted by Crippen LogP contribution is -2.28. The fourth-order valence-corrected chi connectivity index (χ4v) is 3.71. The second-order valence-electron chi connectivity index (χ2n) is 8.09. The molecule has 0 saturated heterocycles. The number of phenolic OH excluding ortho intramolecular Hbond substituents is 1. The summed E-state index contributed by atoms with van der Waals surface area (Å²) < 4.78 is 5.32. The second kappa shape index (κ2) is 12.0. The van der Waals surface area contributed by atoms with E-state index in [0.29, 0.717) is 17.9 Å². The Bertz CT molecular complexity index is 1050. The number of amides is 1. The molecule has 6 heteroatoms. The number of nitrogens with two attached hydrogens (primary N) is 1. The van der Waals surface area contributed by atoms with Gasteiger partial charge in [-0.3, -0.25) is 9.69 Å². The Morgan fingerprint density at radius 2 is 1.85 bits per heavy atom. The Kier molecular flexibility index (Phi) is 8.87. The molecule has 174 valence electrons. The number of unbranched alkanes of at least 4 members (excludes halogenated alkanes) is 1. The van der Waals surface area contributed by atoms with E-state index in [1.165, 1.54) is 6.07 Å². The van der Waals surface area contributed by atoms with Crippen molar-refractivity contribution in [2.75, 3.05) is 37.9 Å². The number of aromatic hydroxyl groups is 1. The number of hydrogen-bond acceptors (Lipinski definition) is 5. The molecule has 0 aliphatic carbocycles. The van der Waals surface area contributed by atoms with Crippen molar-refractivity contribution in [3.05, 3.63) is 77.9 Å². The standard InChI is InChI=1S/C27H33N3O3/c1-3-4-14-30(15-16-33-2)19-22-17-21(10-12-24(22)20-8-6-5-7-9-20)27(32)29-23-11-13-26(31)25(28)18-23/h5-13,17-18,31H,3-4,14-16,19,28H2,1-2H3,(H,29,32). The summed E-state index contributed by atoms with van der Waals surface area (Å²) >= 11 is 0. The maximum Gasteiger partial charge on any atom is 0.255 e. The minimum atomic E-state index is -0.224. The van der Waals surface area contributed by atoms with Crippen molar-refractivity contribution in [2.45, 2.75) is 26.3 Å². The topological polar surface area (TPSA) is 87.8 Å². The van der Waals surface area contributed by atoms with Gasteiger partial charge < -0.3 is 20.9 Å². The second-order valence-corrected chi connectivity index (χ2v) is 8.09. The largest absolute Gasteiger partial charge is 0.506 e. The van der Waals surface area contributed by atoms with Crippen LogP contribution in [0.25, 0.3) is 11.1 Å². The fourth-order valence-electron chi connectivity index (χ4n) is 3.71. The summed E-state index contributed by atoms with van der Waals surface area (Å²) in [7, 11) is 1.72. The van der Waals surface area contributed by atoms with E-state index < -0.39 is 0 Å². The number of anilines is 2. The highest BCUT2D eigenvalue weighted by atomic mass is 16.5. The highest BCUT2D eigenvalue weighted by molar-refractivity contribution is 6.05. The van der Waals surface area contributed by atoms with Crippen molar-refractivity contribution >= 4 is 17.3 Å². The molecule has 0 saturated carbocycles. The average Bonchev–Trinajstić information content (AvgIpc) is 2.83. The van der Waals surface area contributed by atoms with Gasteiger partial charge in [0.15, 0.2) is 0 Å². The number of carbonyl (C=O) groups is 1. The summed E-state index contributed by atoms with van der Waals surface area (Å²) in [6, 6.07) is 20.7. The number of ether oxygens (including phenoxy) is 1. The Balaban J connectivity index is 1.90. The first kappa shape index (κ1) is 24.3. The molecule has 0 bridgehead atoms. The maximum atomic E-state index is 13.0. The predicted molar refractivity (Wildman–Crippen MR) is 134 cm³/mol. The molecule has 0 fully saturated rings. The van der Waals surface area contributed by atoms with Crippen LogP contribution >= 0.6 is 0 Å². The third-order valence-corrected chi connectivity index (χ3v) is 5.57. The molecule has 0 aliphatic rings. The van der Waals surface area contributed by atoms with Gasteiger partial charge in [0.1, 0.15) is 5.75 Å². The molecule has 0 heterocycles. The summed E-state index contributed by atoms with van der Waals surface area (Å²) in [6.07, 6.45) is 2.22. The molecule has 0 spiro atoms. The number of carbonyl (C=O) groups excluding carboxylic acids is 1. The van der Waals surface area contributed by atoms with Crippen molar-refractivity contribution < 1.29 is 14.6 Å². The van der Waals surface area contributed by atoms with Gasteiger partial charge in [0, 0.05) is 31.5 Å². The molecule has 0 aliphatic heterocycles. The quantitative estimate of drug-likeness (QED) is 0.215. The molecule has 6 nitrogen and oxygen atoms in total. The summed E-state index contributed by atoms with van der Waals surface area (Å²) in [5.41, 5.74) is 10.4. The molecule has 0 atom stereocenters.